The van der Waals surface area contributed by atoms with E-state index in [0.29, 0.717) is 20.9 Å². The standard InChI is InChI=1S/C18H17ClN2O2S2/c1-11-4-5-13-15(9-11)25-18(20-13)21(10-12-3-2-8-23-12)17(22)14-6-7-16(19)24-14/h4-7,9,12H,2-3,8,10H2,1H3. The van der Waals surface area contributed by atoms with Crippen molar-refractivity contribution in [2.24, 2.45) is 0 Å². The Morgan fingerprint density at radius 3 is 2.96 bits per heavy atom. The van der Waals surface area contributed by atoms with E-state index in [1.165, 1.54) is 16.9 Å². The lowest BCUT2D eigenvalue weighted by molar-refractivity contribution is 0.0920. The van der Waals surface area contributed by atoms with Gasteiger partial charge in [0.2, 0.25) is 0 Å². The number of amides is 1. The van der Waals surface area contributed by atoms with E-state index in [-0.39, 0.29) is 12.0 Å². The number of fused-ring (bicyclic) bond motifs is 1. The minimum atomic E-state index is -0.0665. The highest BCUT2D eigenvalue weighted by Gasteiger charge is 2.27. The van der Waals surface area contributed by atoms with E-state index in [2.05, 4.69) is 18.0 Å². The summed E-state index contributed by atoms with van der Waals surface area (Å²) in [5, 5.41) is 0.714. The van der Waals surface area contributed by atoms with E-state index in [9.17, 15) is 4.79 Å². The Balaban J connectivity index is 1.70. The van der Waals surface area contributed by atoms with Gasteiger partial charge in [0, 0.05) is 6.61 Å². The third kappa shape index (κ3) is 3.58. The molecule has 1 aliphatic rings. The highest BCUT2D eigenvalue weighted by atomic mass is 35.5. The van der Waals surface area contributed by atoms with Crippen molar-refractivity contribution in [2.45, 2.75) is 25.9 Å². The van der Waals surface area contributed by atoms with Gasteiger partial charge in [-0.05, 0) is 49.6 Å². The number of hydrogen-bond donors (Lipinski definition) is 0. The molecule has 130 valence electrons. The number of rotatable bonds is 4. The van der Waals surface area contributed by atoms with E-state index >= 15 is 0 Å². The lowest BCUT2D eigenvalue weighted by Crippen LogP contribution is -2.37. The van der Waals surface area contributed by atoms with Gasteiger partial charge in [-0.15, -0.1) is 11.3 Å². The monoisotopic (exact) mass is 392 g/mol. The zero-order chi connectivity index (χ0) is 17.4. The van der Waals surface area contributed by atoms with E-state index in [4.69, 9.17) is 16.3 Å². The molecule has 25 heavy (non-hydrogen) atoms. The molecule has 0 radical (unpaired) electrons. The second kappa shape index (κ2) is 7.03. The van der Waals surface area contributed by atoms with Crippen molar-refractivity contribution in [1.29, 1.82) is 0 Å². The lowest BCUT2D eigenvalue weighted by Gasteiger charge is -2.22. The summed E-state index contributed by atoms with van der Waals surface area (Å²) in [6, 6.07) is 9.67. The molecule has 1 atom stereocenters. The van der Waals surface area contributed by atoms with Crippen LogP contribution in [0.2, 0.25) is 4.34 Å². The van der Waals surface area contributed by atoms with E-state index in [1.54, 1.807) is 28.4 Å². The molecular formula is C18H17ClN2O2S2. The minimum Gasteiger partial charge on any atom is -0.376 e. The quantitative estimate of drug-likeness (QED) is 0.616. The molecule has 0 spiro atoms. The Morgan fingerprint density at radius 1 is 1.36 bits per heavy atom. The Morgan fingerprint density at radius 2 is 2.24 bits per heavy atom. The van der Waals surface area contributed by atoms with Gasteiger partial charge in [-0.2, -0.15) is 0 Å². The summed E-state index contributed by atoms with van der Waals surface area (Å²) in [5.74, 6) is -0.0665. The maximum absolute atomic E-state index is 13.1. The highest BCUT2D eigenvalue weighted by Crippen LogP contribution is 2.32. The van der Waals surface area contributed by atoms with E-state index < -0.39 is 0 Å². The lowest BCUT2D eigenvalue weighted by atomic mass is 10.2. The van der Waals surface area contributed by atoms with Gasteiger partial charge >= 0.3 is 0 Å². The molecule has 4 rings (SSSR count). The maximum atomic E-state index is 13.1. The molecule has 1 fully saturated rings. The van der Waals surface area contributed by atoms with Crippen molar-refractivity contribution in [3.63, 3.8) is 0 Å². The number of hydrogen-bond acceptors (Lipinski definition) is 5. The molecule has 1 aromatic carbocycles. The Labute approximate surface area is 159 Å². The van der Waals surface area contributed by atoms with Gasteiger partial charge < -0.3 is 4.74 Å². The van der Waals surface area contributed by atoms with Crippen LogP contribution in [0.25, 0.3) is 10.2 Å². The van der Waals surface area contributed by atoms with Gasteiger partial charge in [-0.1, -0.05) is 29.0 Å². The van der Waals surface area contributed by atoms with Crippen LogP contribution in [0.3, 0.4) is 0 Å². The second-order valence-corrected chi connectivity index (χ2v) is 8.85. The largest absolute Gasteiger partial charge is 0.376 e. The average Bonchev–Trinajstić information content (AvgIpc) is 3.31. The highest BCUT2D eigenvalue weighted by molar-refractivity contribution is 7.22. The molecule has 0 saturated carbocycles. The third-order valence-corrected chi connectivity index (χ3v) is 6.46. The summed E-state index contributed by atoms with van der Waals surface area (Å²) in [5.41, 5.74) is 2.10. The average molecular weight is 393 g/mol. The number of carbonyl (C=O) groups excluding carboxylic acids is 1. The molecule has 3 heterocycles. The first kappa shape index (κ1) is 17.0. The number of anilines is 1. The van der Waals surface area contributed by atoms with Gasteiger partial charge in [0.25, 0.3) is 5.91 Å². The third-order valence-electron chi connectivity index (χ3n) is 4.20. The van der Waals surface area contributed by atoms with Crippen molar-refractivity contribution >= 4 is 55.5 Å². The van der Waals surface area contributed by atoms with Gasteiger partial charge in [-0.25, -0.2) is 4.98 Å². The molecule has 1 unspecified atom stereocenters. The molecule has 0 N–H and O–H groups in total. The van der Waals surface area contributed by atoms with Crippen LogP contribution in [0.5, 0.6) is 0 Å². The van der Waals surface area contributed by atoms with Crippen LogP contribution in [0.1, 0.15) is 28.1 Å². The van der Waals surface area contributed by atoms with Crippen LogP contribution in [0.15, 0.2) is 30.3 Å². The van der Waals surface area contributed by atoms with Gasteiger partial charge in [0.1, 0.15) is 0 Å². The van der Waals surface area contributed by atoms with Crippen LogP contribution in [0.4, 0.5) is 5.13 Å². The number of thiazole rings is 1. The van der Waals surface area contributed by atoms with E-state index in [0.717, 1.165) is 29.7 Å². The number of thiophene rings is 1. The smallest absolute Gasteiger partial charge is 0.270 e. The summed E-state index contributed by atoms with van der Waals surface area (Å²) in [4.78, 5) is 20.1. The number of carbonyl (C=O) groups is 1. The molecule has 0 bridgehead atoms. The molecule has 1 aliphatic heterocycles. The SMILES string of the molecule is Cc1ccc2nc(N(CC3CCCO3)C(=O)c3ccc(Cl)s3)sc2c1. The van der Waals surface area contributed by atoms with E-state index in [1.807, 2.05) is 12.1 Å². The van der Waals surface area contributed by atoms with Gasteiger partial charge in [0.15, 0.2) is 5.13 Å². The number of aromatic nitrogens is 1. The molecule has 1 saturated heterocycles. The summed E-state index contributed by atoms with van der Waals surface area (Å²) >= 11 is 8.86. The fourth-order valence-electron chi connectivity index (χ4n) is 2.94. The normalized spacial score (nSPS) is 17.3. The van der Waals surface area contributed by atoms with Crippen LogP contribution < -0.4 is 4.90 Å². The van der Waals surface area contributed by atoms with Gasteiger partial charge in [0.05, 0.1) is 32.1 Å². The fraction of sp³-hybridized carbons (Fsp3) is 0.333. The molecule has 2 aromatic heterocycles. The minimum absolute atomic E-state index is 0.0631. The first-order chi connectivity index (χ1) is 12.1. The molecule has 1 amide bonds. The van der Waals surface area contributed by atoms with Crippen LogP contribution in [-0.4, -0.2) is 30.1 Å². The first-order valence-corrected chi connectivity index (χ1v) is 10.2. The molecule has 7 heteroatoms. The number of nitrogens with zero attached hydrogens (tertiary/aromatic N) is 2. The Kier molecular flexibility index (Phi) is 4.78. The Bertz CT molecular complexity index is 915. The van der Waals surface area contributed by atoms with Crippen molar-refractivity contribution in [3.8, 4) is 0 Å². The molecule has 0 aliphatic carbocycles. The van der Waals surface area contributed by atoms with Crippen molar-refractivity contribution < 1.29 is 9.53 Å². The zero-order valence-corrected chi connectivity index (χ0v) is 16.1. The van der Waals surface area contributed by atoms with Crippen LogP contribution in [-0.2, 0) is 4.74 Å². The Hall–Kier alpha value is -1.47. The maximum Gasteiger partial charge on any atom is 0.270 e. The molecule has 3 aromatic rings. The van der Waals surface area contributed by atoms with Crippen LogP contribution in [0, 0.1) is 6.92 Å². The predicted octanol–water partition coefficient (Wildman–Crippen LogP) is 5.15. The summed E-state index contributed by atoms with van der Waals surface area (Å²) < 4.78 is 7.45. The predicted molar refractivity (Wildman–Crippen MR) is 104 cm³/mol. The topological polar surface area (TPSA) is 42.4 Å². The second-order valence-electron chi connectivity index (χ2n) is 6.12. The van der Waals surface area contributed by atoms with Crippen molar-refractivity contribution in [3.05, 3.63) is 45.1 Å². The fourth-order valence-corrected chi connectivity index (χ4v) is 5.00. The van der Waals surface area contributed by atoms with Gasteiger partial charge in [-0.3, -0.25) is 9.69 Å². The summed E-state index contributed by atoms with van der Waals surface area (Å²) in [6.07, 6.45) is 2.07. The summed E-state index contributed by atoms with van der Waals surface area (Å²) in [6.45, 7) is 3.34. The van der Waals surface area contributed by atoms with Crippen LogP contribution >= 0.6 is 34.3 Å². The summed E-state index contributed by atoms with van der Waals surface area (Å²) in [7, 11) is 0. The number of aryl methyl sites for hydroxylation is 1. The number of benzene rings is 1. The number of halogens is 1. The molecule has 4 nitrogen and oxygen atoms in total. The van der Waals surface area contributed by atoms with Crippen molar-refractivity contribution in [2.75, 3.05) is 18.1 Å². The molecular weight excluding hydrogens is 376 g/mol. The van der Waals surface area contributed by atoms with Crippen molar-refractivity contribution in [1.82, 2.24) is 4.98 Å². The first-order valence-electron chi connectivity index (χ1n) is 8.16. The zero-order valence-electron chi connectivity index (χ0n) is 13.7. The number of ether oxygens (including phenoxy) is 1.